The molecule has 3 N–H and O–H groups in total. The standard InChI is InChI=1S/C12H9F3N4O3S/c1-5-2-3-6(17-11(21)22)8(16-5)9(20)19-10-18-7(4-23-10)12(13,14)15/h2-4,17H,1H3,(H,21,22)(H,18,19,20). The molecule has 2 aromatic heterocycles. The largest absolute Gasteiger partial charge is 0.465 e. The van der Waals surface area contributed by atoms with Gasteiger partial charge < -0.3 is 5.11 Å². The summed E-state index contributed by atoms with van der Waals surface area (Å²) in [4.78, 5) is 30.0. The van der Waals surface area contributed by atoms with Crippen LogP contribution in [0.25, 0.3) is 0 Å². The van der Waals surface area contributed by atoms with Gasteiger partial charge in [-0.15, -0.1) is 11.3 Å². The van der Waals surface area contributed by atoms with Gasteiger partial charge in [0.25, 0.3) is 5.91 Å². The van der Waals surface area contributed by atoms with Crippen LogP contribution < -0.4 is 10.6 Å². The number of carbonyl (C=O) groups excluding carboxylic acids is 1. The van der Waals surface area contributed by atoms with Crippen LogP contribution in [0.4, 0.5) is 28.8 Å². The molecule has 11 heteroatoms. The molecule has 122 valence electrons. The van der Waals surface area contributed by atoms with Gasteiger partial charge in [-0.2, -0.15) is 13.2 Å². The van der Waals surface area contributed by atoms with Crippen LogP contribution in [0.15, 0.2) is 17.5 Å². The number of aryl methyl sites for hydroxylation is 1. The van der Waals surface area contributed by atoms with E-state index >= 15 is 0 Å². The Morgan fingerprint density at radius 3 is 2.48 bits per heavy atom. The number of rotatable bonds is 3. The lowest BCUT2D eigenvalue weighted by molar-refractivity contribution is -0.140. The molecule has 0 atom stereocenters. The summed E-state index contributed by atoms with van der Waals surface area (Å²) < 4.78 is 37.4. The van der Waals surface area contributed by atoms with E-state index in [1.54, 1.807) is 6.92 Å². The molecule has 0 aliphatic heterocycles. The molecule has 0 bridgehead atoms. The maximum Gasteiger partial charge on any atom is 0.434 e. The molecule has 2 rings (SSSR count). The number of nitrogens with one attached hydrogen (secondary N) is 2. The Labute approximate surface area is 131 Å². The zero-order valence-corrected chi connectivity index (χ0v) is 12.2. The summed E-state index contributed by atoms with van der Waals surface area (Å²) in [5.41, 5.74) is -1.05. The highest BCUT2D eigenvalue weighted by Gasteiger charge is 2.34. The van der Waals surface area contributed by atoms with Crippen LogP contribution in [0.5, 0.6) is 0 Å². The number of aromatic nitrogens is 2. The van der Waals surface area contributed by atoms with E-state index in [0.29, 0.717) is 17.0 Å². The molecule has 0 aliphatic carbocycles. The first-order valence-electron chi connectivity index (χ1n) is 5.98. The number of alkyl halides is 3. The van der Waals surface area contributed by atoms with Gasteiger partial charge in [-0.25, -0.2) is 14.8 Å². The van der Waals surface area contributed by atoms with Gasteiger partial charge in [-0.3, -0.25) is 15.4 Å². The second kappa shape index (κ2) is 6.20. The van der Waals surface area contributed by atoms with Crippen LogP contribution in [0, 0.1) is 6.92 Å². The van der Waals surface area contributed by atoms with Gasteiger partial charge >= 0.3 is 12.3 Å². The van der Waals surface area contributed by atoms with Crippen molar-refractivity contribution in [1.29, 1.82) is 0 Å². The van der Waals surface area contributed by atoms with Gasteiger partial charge in [-0.05, 0) is 19.1 Å². The minimum Gasteiger partial charge on any atom is -0.465 e. The zero-order valence-electron chi connectivity index (χ0n) is 11.4. The Kier molecular flexibility index (Phi) is 4.50. The third-order valence-electron chi connectivity index (χ3n) is 2.51. The minimum absolute atomic E-state index is 0.0896. The summed E-state index contributed by atoms with van der Waals surface area (Å²) >= 11 is 0.596. The SMILES string of the molecule is Cc1ccc(NC(=O)O)c(C(=O)Nc2nc(C(F)(F)F)cs2)n1. The first kappa shape index (κ1) is 16.7. The second-order valence-electron chi connectivity index (χ2n) is 4.27. The molecule has 0 unspecified atom stereocenters. The van der Waals surface area contributed by atoms with Crippen LogP contribution in [-0.2, 0) is 6.18 Å². The van der Waals surface area contributed by atoms with E-state index in [1.165, 1.54) is 12.1 Å². The van der Waals surface area contributed by atoms with Gasteiger partial charge in [0.15, 0.2) is 16.5 Å². The number of amides is 2. The minimum atomic E-state index is -4.61. The van der Waals surface area contributed by atoms with Crippen molar-refractivity contribution >= 4 is 34.2 Å². The number of carbonyl (C=O) groups is 2. The molecule has 0 saturated carbocycles. The molecule has 7 nitrogen and oxygen atoms in total. The summed E-state index contributed by atoms with van der Waals surface area (Å²) in [5, 5.41) is 13.4. The van der Waals surface area contributed by atoms with Gasteiger partial charge in [0.05, 0.1) is 5.69 Å². The molecule has 0 aliphatic rings. The lowest BCUT2D eigenvalue weighted by atomic mass is 10.2. The summed E-state index contributed by atoms with van der Waals surface area (Å²) in [6, 6.07) is 2.81. The number of hydrogen-bond donors (Lipinski definition) is 3. The second-order valence-corrected chi connectivity index (χ2v) is 5.13. The van der Waals surface area contributed by atoms with Crippen molar-refractivity contribution in [3.05, 3.63) is 34.6 Å². The predicted octanol–water partition coefficient (Wildman–Crippen LogP) is 3.21. The number of thiazole rings is 1. The van der Waals surface area contributed by atoms with Crippen LogP contribution >= 0.6 is 11.3 Å². The number of carboxylic acid groups (broad SMARTS) is 1. The van der Waals surface area contributed by atoms with E-state index in [1.807, 2.05) is 5.32 Å². The van der Waals surface area contributed by atoms with Crippen LogP contribution in [-0.4, -0.2) is 27.1 Å². The molecule has 0 fully saturated rings. The van der Waals surface area contributed by atoms with Gasteiger partial charge in [0.2, 0.25) is 0 Å². The monoisotopic (exact) mass is 346 g/mol. The van der Waals surface area contributed by atoms with Crippen LogP contribution in [0.1, 0.15) is 21.9 Å². The third-order valence-corrected chi connectivity index (χ3v) is 3.26. The molecule has 2 aromatic rings. The molecule has 0 saturated heterocycles. The van der Waals surface area contributed by atoms with Crippen LogP contribution in [0.3, 0.4) is 0 Å². The average molecular weight is 346 g/mol. The topological polar surface area (TPSA) is 104 Å². The van der Waals surface area contributed by atoms with E-state index in [9.17, 15) is 22.8 Å². The maximum absolute atomic E-state index is 12.5. The summed E-state index contributed by atoms with van der Waals surface area (Å²) in [7, 11) is 0. The first-order valence-corrected chi connectivity index (χ1v) is 6.86. The number of nitrogens with zero attached hydrogens (tertiary/aromatic N) is 2. The lowest BCUT2D eigenvalue weighted by Gasteiger charge is -2.08. The fourth-order valence-electron chi connectivity index (χ4n) is 1.56. The van der Waals surface area contributed by atoms with Crippen molar-refractivity contribution in [2.75, 3.05) is 10.6 Å². The molecule has 2 heterocycles. The molecule has 0 spiro atoms. The molecular weight excluding hydrogens is 337 g/mol. The highest BCUT2D eigenvalue weighted by Crippen LogP contribution is 2.31. The summed E-state index contributed by atoms with van der Waals surface area (Å²) in [6.45, 7) is 1.58. The Morgan fingerprint density at radius 2 is 1.91 bits per heavy atom. The van der Waals surface area contributed by atoms with Gasteiger partial charge in [-0.1, -0.05) is 0 Å². The lowest BCUT2D eigenvalue weighted by Crippen LogP contribution is -2.19. The van der Waals surface area contributed by atoms with Crippen molar-refractivity contribution in [2.24, 2.45) is 0 Å². The smallest absolute Gasteiger partial charge is 0.434 e. The Hall–Kier alpha value is -2.69. The van der Waals surface area contributed by atoms with Crippen molar-refractivity contribution in [2.45, 2.75) is 13.1 Å². The molecular formula is C12H9F3N4O3S. The Morgan fingerprint density at radius 1 is 1.22 bits per heavy atom. The fraction of sp³-hybridized carbons (Fsp3) is 0.167. The molecule has 0 radical (unpaired) electrons. The Bertz CT molecular complexity index is 760. The summed E-state index contributed by atoms with van der Waals surface area (Å²) in [6.07, 6.45) is -6.02. The average Bonchev–Trinajstić information content (AvgIpc) is 2.88. The van der Waals surface area contributed by atoms with E-state index in [2.05, 4.69) is 15.3 Å². The quantitative estimate of drug-likeness (QED) is 0.792. The van der Waals surface area contributed by atoms with Gasteiger partial charge in [0, 0.05) is 11.1 Å². The highest BCUT2D eigenvalue weighted by molar-refractivity contribution is 7.14. The van der Waals surface area contributed by atoms with E-state index in [4.69, 9.17) is 5.11 Å². The Balaban J connectivity index is 2.25. The van der Waals surface area contributed by atoms with E-state index in [0.717, 1.165) is 5.38 Å². The van der Waals surface area contributed by atoms with Crippen molar-refractivity contribution in [3.8, 4) is 0 Å². The molecule has 2 amide bonds. The number of hydrogen-bond acceptors (Lipinski definition) is 5. The third kappa shape index (κ3) is 4.16. The first-order chi connectivity index (χ1) is 10.7. The number of anilines is 2. The fourth-order valence-corrected chi connectivity index (χ4v) is 2.28. The molecule has 0 aromatic carbocycles. The maximum atomic E-state index is 12.5. The molecule has 23 heavy (non-hydrogen) atoms. The normalized spacial score (nSPS) is 11.1. The number of halogens is 3. The summed E-state index contributed by atoms with van der Waals surface area (Å²) in [5.74, 6) is -0.875. The van der Waals surface area contributed by atoms with E-state index < -0.39 is 23.9 Å². The van der Waals surface area contributed by atoms with E-state index in [-0.39, 0.29) is 16.5 Å². The number of pyridine rings is 1. The van der Waals surface area contributed by atoms with Crippen molar-refractivity contribution < 1.29 is 27.9 Å². The van der Waals surface area contributed by atoms with Gasteiger partial charge in [0.1, 0.15) is 0 Å². The van der Waals surface area contributed by atoms with Crippen LogP contribution in [0.2, 0.25) is 0 Å². The predicted molar refractivity (Wildman–Crippen MR) is 75.7 cm³/mol. The highest BCUT2D eigenvalue weighted by atomic mass is 32.1. The zero-order chi connectivity index (χ0) is 17.2. The van der Waals surface area contributed by atoms with Crippen molar-refractivity contribution in [1.82, 2.24) is 9.97 Å². The van der Waals surface area contributed by atoms with Crippen molar-refractivity contribution in [3.63, 3.8) is 0 Å².